The maximum absolute atomic E-state index is 12.2. The molecule has 3 aliphatic rings. The summed E-state index contributed by atoms with van der Waals surface area (Å²) in [7, 11) is -4.50. The number of carbonyl (C=O) groups excluding carboxylic acids is 6. The highest BCUT2D eigenvalue weighted by atomic mass is 32.2. The number of ketones is 2. The molecule has 1 saturated heterocycles. The monoisotopic (exact) mass is 598 g/mol. The molecule has 2 aliphatic carbocycles. The molecule has 1 fully saturated rings. The van der Waals surface area contributed by atoms with Crippen LogP contribution in [0.3, 0.4) is 0 Å². The number of allylic oxidation sites excluding steroid dienone is 2. The van der Waals surface area contributed by atoms with Gasteiger partial charge in [0, 0.05) is 30.9 Å². The number of hydroxylamine groups is 2. The Hall–Kier alpha value is -4.69. The van der Waals surface area contributed by atoms with Crippen molar-refractivity contribution in [3.63, 3.8) is 0 Å². The summed E-state index contributed by atoms with van der Waals surface area (Å²) in [5.41, 5.74) is 3.00. The fraction of sp³-hybridized carbons (Fsp3) is 0.286. The van der Waals surface area contributed by atoms with Gasteiger partial charge in [-0.25, -0.2) is 4.79 Å². The highest BCUT2D eigenvalue weighted by Crippen LogP contribution is 2.46. The van der Waals surface area contributed by atoms with Crippen LogP contribution in [-0.4, -0.2) is 60.1 Å². The number of nitrogens with zero attached hydrogens (tertiary/aromatic N) is 1. The summed E-state index contributed by atoms with van der Waals surface area (Å²) in [6.07, 6.45) is 2.29. The van der Waals surface area contributed by atoms with Gasteiger partial charge in [0.05, 0.1) is 11.3 Å². The minimum absolute atomic E-state index is 0.0690. The molecule has 42 heavy (non-hydrogen) atoms. The second-order valence-electron chi connectivity index (χ2n) is 9.55. The van der Waals surface area contributed by atoms with Crippen LogP contribution in [0.4, 0.5) is 10.5 Å². The Morgan fingerprint density at radius 2 is 1.55 bits per heavy atom. The quantitative estimate of drug-likeness (QED) is 0.206. The molecule has 2 N–H and O–H groups in total. The van der Waals surface area contributed by atoms with Crippen molar-refractivity contribution in [2.24, 2.45) is 0 Å². The lowest BCUT2D eigenvalue weighted by atomic mass is 9.97. The van der Waals surface area contributed by atoms with Crippen molar-refractivity contribution in [3.8, 4) is 11.1 Å². The molecular formula is C28H26N2O11S. The van der Waals surface area contributed by atoms with Gasteiger partial charge in [-0.3, -0.25) is 33.4 Å². The van der Waals surface area contributed by atoms with E-state index >= 15 is 0 Å². The van der Waals surface area contributed by atoms with Crippen LogP contribution in [0.1, 0.15) is 56.1 Å². The molecule has 2 aromatic carbocycles. The summed E-state index contributed by atoms with van der Waals surface area (Å²) in [6.45, 7) is 1.55. The van der Waals surface area contributed by atoms with E-state index in [1.807, 2.05) is 6.92 Å². The second-order valence-corrected chi connectivity index (χ2v) is 11.0. The number of carbonyl (C=O) groups is 6. The first-order valence-corrected chi connectivity index (χ1v) is 14.3. The van der Waals surface area contributed by atoms with Gasteiger partial charge in [-0.2, -0.15) is 8.42 Å². The minimum Gasteiger partial charge on any atom is -0.432 e. The van der Waals surface area contributed by atoms with Gasteiger partial charge >= 0.3 is 6.16 Å². The van der Waals surface area contributed by atoms with E-state index in [4.69, 9.17) is 9.57 Å². The van der Waals surface area contributed by atoms with Gasteiger partial charge in [0.1, 0.15) is 6.61 Å². The number of hydrogen-bond donors (Lipinski definition) is 2. The number of imide groups is 1. The molecule has 1 unspecified atom stereocenters. The van der Waals surface area contributed by atoms with E-state index in [0.29, 0.717) is 40.3 Å². The Labute approximate surface area is 240 Å². The van der Waals surface area contributed by atoms with Crippen LogP contribution in [0.5, 0.6) is 0 Å². The predicted octanol–water partition coefficient (Wildman–Crippen LogP) is 3.09. The van der Waals surface area contributed by atoms with Gasteiger partial charge < -0.3 is 10.1 Å². The predicted molar refractivity (Wildman–Crippen MR) is 144 cm³/mol. The summed E-state index contributed by atoms with van der Waals surface area (Å²) in [5, 5.41) is 3.15. The van der Waals surface area contributed by atoms with Gasteiger partial charge in [0.15, 0.2) is 11.6 Å². The van der Waals surface area contributed by atoms with E-state index in [-0.39, 0.29) is 48.2 Å². The first-order valence-electron chi connectivity index (χ1n) is 12.9. The molecular weight excluding hydrogens is 572 g/mol. The molecule has 14 heteroatoms. The van der Waals surface area contributed by atoms with Gasteiger partial charge in [0.25, 0.3) is 21.9 Å². The van der Waals surface area contributed by atoms with Crippen molar-refractivity contribution in [2.75, 3.05) is 11.9 Å². The number of rotatable bonds is 7. The zero-order chi connectivity index (χ0) is 30.6. The Morgan fingerprint density at radius 1 is 0.952 bits per heavy atom. The van der Waals surface area contributed by atoms with Crippen LogP contribution < -0.4 is 5.32 Å². The summed E-state index contributed by atoms with van der Waals surface area (Å²) < 4.78 is 38.1. The van der Waals surface area contributed by atoms with E-state index in [1.54, 1.807) is 18.2 Å². The molecule has 0 bridgehead atoms. The lowest BCUT2D eigenvalue weighted by molar-refractivity contribution is -0.177. The van der Waals surface area contributed by atoms with Crippen LogP contribution in [0.25, 0.3) is 11.1 Å². The number of nitrogens with one attached hydrogen (secondary N) is 1. The average molecular weight is 599 g/mol. The molecule has 0 saturated carbocycles. The number of ether oxygens (including phenoxy) is 1. The molecule has 1 heterocycles. The second kappa shape index (κ2) is 12.4. The summed E-state index contributed by atoms with van der Waals surface area (Å²) in [6, 6.07) is 9.23. The van der Waals surface area contributed by atoms with Crippen LogP contribution in [0.15, 0.2) is 53.4 Å². The Balaban J connectivity index is 0.000000507. The number of amides is 3. The topological polar surface area (TPSA) is 191 Å². The van der Waals surface area contributed by atoms with Crippen molar-refractivity contribution >= 4 is 51.2 Å². The molecule has 0 aromatic heterocycles. The largest absolute Gasteiger partial charge is 0.533 e. The third-order valence-electron chi connectivity index (χ3n) is 6.52. The molecule has 13 nitrogen and oxygen atoms in total. The molecule has 0 radical (unpaired) electrons. The van der Waals surface area contributed by atoms with Crippen molar-refractivity contribution in [1.29, 1.82) is 0 Å². The van der Waals surface area contributed by atoms with Gasteiger partial charge in [-0.1, -0.05) is 24.1 Å². The number of hydrogen-bond acceptors (Lipinski definition) is 10. The Morgan fingerprint density at radius 3 is 2.10 bits per heavy atom. The fourth-order valence-electron chi connectivity index (χ4n) is 4.59. The molecule has 1 aliphatic heterocycles. The number of fused-ring (bicyclic) bond motifs is 3. The average Bonchev–Trinajstić information content (AvgIpc) is 3.57. The summed E-state index contributed by atoms with van der Waals surface area (Å²) in [5.74, 6) is -2.33. The molecule has 220 valence electrons. The summed E-state index contributed by atoms with van der Waals surface area (Å²) in [4.78, 5) is 72.3. The SMILES string of the molecule is CCCC(=O)Nc1ccc2c(c1)C(COC(=O)ON1C(=O)CCC1=O)c1cc(S(=O)(=O)O)ccc1-2.O=C1C=CC(=O)C1. The maximum Gasteiger partial charge on any atom is 0.533 e. The van der Waals surface area contributed by atoms with Gasteiger partial charge in [-0.05, 0) is 65.1 Å². The van der Waals surface area contributed by atoms with Gasteiger partial charge in [-0.15, -0.1) is 0 Å². The van der Waals surface area contributed by atoms with E-state index in [2.05, 4.69) is 5.32 Å². The van der Waals surface area contributed by atoms with E-state index in [0.717, 1.165) is 5.56 Å². The first-order chi connectivity index (χ1) is 19.9. The molecule has 2 aromatic rings. The fourth-order valence-corrected chi connectivity index (χ4v) is 5.11. The normalized spacial score (nSPS) is 17.0. The molecule has 0 spiro atoms. The smallest absolute Gasteiger partial charge is 0.432 e. The van der Waals surface area contributed by atoms with E-state index < -0.39 is 34.0 Å². The zero-order valence-electron chi connectivity index (χ0n) is 22.3. The molecule has 5 rings (SSSR count). The number of benzene rings is 2. The van der Waals surface area contributed by atoms with Crippen molar-refractivity contribution < 1.29 is 51.3 Å². The lowest BCUT2D eigenvalue weighted by Gasteiger charge is -2.17. The van der Waals surface area contributed by atoms with Crippen LogP contribution in [0, 0.1) is 0 Å². The standard InChI is InChI=1S/C23H22N2O9S.C5H4O2/c1-2-3-20(26)24-13-4-6-15-16-7-5-14(35(30,31)32)11-18(16)19(17(15)10-13)12-33-23(29)34-25-21(27)8-9-22(25)28;6-4-1-2-5(7)3-4/h4-7,10-11,19H,2-3,8-9,12H2,1H3,(H,24,26)(H,30,31,32);1-2H,3H2. The highest BCUT2D eigenvalue weighted by Gasteiger charge is 2.35. The number of anilines is 1. The minimum atomic E-state index is -4.50. The van der Waals surface area contributed by atoms with Crippen LogP contribution in [0.2, 0.25) is 0 Å². The van der Waals surface area contributed by atoms with Crippen molar-refractivity contribution in [3.05, 3.63) is 59.7 Å². The maximum atomic E-state index is 12.2. The third-order valence-corrected chi connectivity index (χ3v) is 7.37. The lowest BCUT2D eigenvalue weighted by Crippen LogP contribution is -2.32. The molecule has 3 amide bonds. The van der Waals surface area contributed by atoms with Crippen LogP contribution in [-0.2, 0) is 43.7 Å². The molecule has 1 atom stereocenters. The van der Waals surface area contributed by atoms with E-state index in [1.165, 1.54) is 30.4 Å². The van der Waals surface area contributed by atoms with Crippen LogP contribution >= 0.6 is 0 Å². The Kier molecular flexibility index (Phi) is 8.97. The van der Waals surface area contributed by atoms with Crippen molar-refractivity contribution in [1.82, 2.24) is 5.06 Å². The van der Waals surface area contributed by atoms with Gasteiger partial charge in [0.2, 0.25) is 5.91 Å². The highest BCUT2D eigenvalue weighted by molar-refractivity contribution is 7.85. The zero-order valence-corrected chi connectivity index (χ0v) is 23.1. The van der Waals surface area contributed by atoms with Crippen molar-refractivity contribution in [2.45, 2.75) is 49.8 Å². The Bertz CT molecular complexity index is 1600. The third kappa shape index (κ3) is 6.95. The summed E-state index contributed by atoms with van der Waals surface area (Å²) >= 11 is 0. The van der Waals surface area contributed by atoms with E-state index in [9.17, 15) is 41.7 Å². The first kappa shape index (κ1) is 30.3.